The van der Waals surface area contributed by atoms with Crippen LogP contribution in [0.25, 0.3) is 0 Å². The van der Waals surface area contributed by atoms with Gasteiger partial charge in [-0.2, -0.15) is 0 Å². The van der Waals surface area contributed by atoms with Crippen LogP contribution in [0.15, 0.2) is 24.3 Å². The van der Waals surface area contributed by atoms with Crippen LogP contribution in [0.1, 0.15) is 26.3 Å². The van der Waals surface area contributed by atoms with Gasteiger partial charge in [0.2, 0.25) is 0 Å². The summed E-state index contributed by atoms with van der Waals surface area (Å²) in [5.41, 5.74) is 1.31. The molecule has 0 radical (unpaired) electrons. The molecule has 0 N–H and O–H groups in total. The van der Waals surface area contributed by atoms with Crippen LogP contribution in [0.3, 0.4) is 0 Å². The van der Waals surface area contributed by atoms with E-state index in [1.807, 2.05) is 0 Å². The van der Waals surface area contributed by atoms with E-state index in [9.17, 15) is 0 Å². The number of para-hydroxylation sites is 1. The molecule has 0 aromatic heterocycles. The van der Waals surface area contributed by atoms with Crippen LogP contribution in [0.5, 0.6) is 5.75 Å². The van der Waals surface area contributed by atoms with Gasteiger partial charge in [0.25, 0.3) is 0 Å². The van der Waals surface area contributed by atoms with Crippen molar-refractivity contribution < 1.29 is 4.74 Å². The molecule has 1 saturated heterocycles. The summed E-state index contributed by atoms with van der Waals surface area (Å²) in [4.78, 5) is 5.03. The molecule has 0 aliphatic carbocycles. The fourth-order valence-corrected chi connectivity index (χ4v) is 2.51. The number of ether oxygens (including phenoxy) is 1. The number of rotatable bonds is 5. The Morgan fingerprint density at radius 2 is 1.68 bits per heavy atom. The second-order valence-corrected chi connectivity index (χ2v) is 5.48. The van der Waals surface area contributed by atoms with Crippen molar-refractivity contribution in [3.8, 4) is 5.75 Å². The summed E-state index contributed by atoms with van der Waals surface area (Å²) in [7, 11) is 0. The molecular formula is C16H26N2O. The fourth-order valence-electron chi connectivity index (χ4n) is 2.51. The number of hydrogen-bond acceptors (Lipinski definition) is 3. The predicted octanol–water partition coefficient (Wildman–Crippen LogP) is 2.61. The first kappa shape index (κ1) is 14.4. The summed E-state index contributed by atoms with van der Waals surface area (Å²) in [5.74, 6) is 1.04. The topological polar surface area (TPSA) is 15.7 Å². The third-order valence-corrected chi connectivity index (χ3v) is 3.64. The Morgan fingerprint density at radius 1 is 1.05 bits per heavy atom. The number of piperazine rings is 1. The third kappa shape index (κ3) is 4.22. The quantitative estimate of drug-likeness (QED) is 0.811. The highest BCUT2D eigenvalue weighted by molar-refractivity contribution is 5.33. The van der Waals surface area contributed by atoms with Crippen molar-refractivity contribution in [2.75, 3.05) is 32.7 Å². The van der Waals surface area contributed by atoms with Crippen LogP contribution in [0, 0.1) is 0 Å². The van der Waals surface area contributed by atoms with E-state index in [0.717, 1.165) is 25.4 Å². The molecule has 3 nitrogen and oxygen atoms in total. The zero-order valence-corrected chi connectivity index (χ0v) is 12.4. The van der Waals surface area contributed by atoms with Crippen molar-refractivity contribution in [1.29, 1.82) is 0 Å². The molecule has 0 unspecified atom stereocenters. The van der Waals surface area contributed by atoms with Gasteiger partial charge in [-0.1, -0.05) is 25.1 Å². The Kier molecular flexibility index (Phi) is 5.23. The normalized spacial score (nSPS) is 17.9. The lowest BCUT2D eigenvalue weighted by Crippen LogP contribution is -2.45. The molecule has 3 heteroatoms. The minimum Gasteiger partial charge on any atom is -0.491 e. The summed E-state index contributed by atoms with van der Waals surface area (Å²) in [6, 6.07) is 8.42. The highest BCUT2D eigenvalue weighted by Crippen LogP contribution is 2.21. The Bertz CT molecular complexity index is 384. The number of hydrogen-bond donors (Lipinski definition) is 0. The van der Waals surface area contributed by atoms with Gasteiger partial charge in [0.1, 0.15) is 5.75 Å². The predicted molar refractivity (Wildman–Crippen MR) is 79.6 cm³/mol. The van der Waals surface area contributed by atoms with E-state index in [4.69, 9.17) is 4.74 Å². The number of benzene rings is 1. The highest BCUT2D eigenvalue weighted by Gasteiger charge is 2.17. The molecule has 1 aliphatic heterocycles. The Morgan fingerprint density at radius 3 is 2.32 bits per heavy atom. The molecule has 0 saturated carbocycles. The van der Waals surface area contributed by atoms with Gasteiger partial charge in [0.05, 0.1) is 6.10 Å². The average molecular weight is 262 g/mol. The monoisotopic (exact) mass is 262 g/mol. The fraction of sp³-hybridized carbons (Fsp3) is 0.625. The van der Waals surface area contributed by atoms with Crippen LogP contribution in [0.2, 0.25) is 0 Å². The Labute approximate surface area is 117 Å². The van der Waals surface area contributed by atoms with Gasteiger partial charge in [-0.15, -0.1) is 0 Å². The van der Waals surface area contributed by atoms with Crippen molar-refractivity contribution in [3.05, 3.63) is 29.8 Å². The van der Waals surface area contributed by atoms with E-state index >= 15 is 0 Å². The summed E-state index contributed by atoms with van der Waals surface area (Å²) < 4.78 is 5.89. The zero-order valence-electron chi connectivity index (χ0n) is 12.4. The maximum atomic E-state index is 5.89. The zero-order chi connectivity index (χ0) is 13.7. The average Bonchev–Trinajstić information content (AvgIpc) is 2.41. The second-order valence-electron chi connectivity index (χ2n) is 5.48. The third-order valence-electron chi connectivity index (χ3n) is 3.64. The molecule has 0 bridgehead atoms. The van der Waals surface area contributed by atoms with Crippen molar-refractivity contribution in [3.63, 3.8) is 0 Å². The highest BCUT2D eigenvalue weighted by atomic mass is 16.5. The lowest BCUT2D eigenvalue weighted by atomic mass is 10.1. The molecule has 19 heavy (non-hydrogen) atoms. The largest absolute Gasteiger partial charge is 0.491 e. The molecule has 2 rings (SSSR count). The van der Waals surface area contributed by atoms with Gasteiger partial charge in [-0.3, -0.25) is 4.90 Å². The number of nitrogens with zero attached hydrogens (tertiary/aromatic N) is 2. The summed E-state index contributed by atoms with van der Waals surface area (Å²) in [6.45, 7) is 13.2. The van der Waals surface area contributed by atoms with Crippen molar-refractivity contribution in [2.24, 2.45) is 0 Å². The van der Waals surface area contributed by atoms with Crippen molar-refractivity contribution in [2.45, 2.75) is 33.4 Å². The van der Waals surface area contributed by atoms with Gasteiger partial charge in [-0.05, 0) is 26.5 Å². The van der Waals surface area contributed by atoms with E-state index in [0.29, 0.717) is 0 Å². The molecule has 106 valence electrons. The molecule has 0 atom stereocenters. The van der Waals surface area contributed by atoms with E-state index in [2.05, 4.69) is 54.8 Å². The molecule has 1 fully saturated rings. The first-order chi connectivity index (χ1) is 9.19. The van der Waals surface area contributed by atoms with Crippen molar-refractivity contribution >= 4 is 0 Å². The maximum Gasteiger partial charge on any atom is 0.124 e. The standard InChI is InChI=1S/C16H26N2O/c1-4-17-9-11-18(12-10-17)13-15-7-5-6-8-16(15)19-14(2)3/h5-8,14H,4,9-13H2,1-3H3. The van der Waals surface area contributed by atoms with Crippen LogP contribution < -0.4 is 4.74 Å². The summed E-state index contributed by atoms with van der Waals surface area (Å²) in [6.07, 6.45) is 0.234. The van der Waals surface area contributed by atoms with Gasteiger partial charge in [0, 0.05) is 38.3 Å². The van der Waals surface area contributed by atoms with Crippen LogP contribution in [-0.2, 0) is 6.54 Å². The van der Waals surface area contributed by atoms with Gasteiger partial charge in [-0.25, -0.2) is 0 Å². The van der Waals surface area contributed by atoms with Crippen LogP contribution in [-0.4, -0.2) is 48.6 Å². The van der Waals surface area contributed by atoms with Crippen molar-refractivity contribution in [1.82, 2.24) is 9.80 Å². The minimum atomic E-state index is 0.234. The molecule has 1 aromatic rings. The lowest BCUT2D eigenvalue weighted by Gasteiger charge is -2.34. The van der Waals surface area contributed by atoms with Crippen LogP contribution >= 0.6 is 0 Å². The van der Waals surface area contributed by atoms with E-state index in [1.54, 1.807) is 0 Å². The van der Waals surface area contributed by atoms with Crippen LogP contribution in [0.4, 0.5) is 0 Å². The summed E-state index contributed by atoms with van der Waals surface area (Å²) in [5, 5.41) is 0. The molecular weight excluding hydrogens is 236 g/mol. The Hall–Kier alpha value is -1.06. The Balaban J connectivity index is 1.95. The van der Waals surface area contributed by atoms with E-state index in [-0.39, 0.29) is 6.10 Å². The second kappa shape index (κ2) is 6.92. The SMILES string of the molecule is CCN1CCN(Cc2ccccc2OC(C)C)CC1. The lowest BCUT2D eigenvalue weighted by molar-refractivity contribution is 0.130. The minimum absolute atomic E-state index is 0.234. The first-order valence-corrected chi connectivity index (χ1v) is 7.38. The molecule has 0 spiro atoms. The van der Waals surface area contributed by atoms with E-state index in [1.165, 1.54) is 25.2 Å². The van der Waals surface area contributed by atoms with Gasteiger partial charge < -0.3 is 9.64 Å². The molecule has 1 heterocycles. The van der Waals surface area contributed by atoms with Gasteiger partial charge in [0.15, 0.2) is 0 Å². The summed E-state index contributed by atoms with van der Waals surface area (Å²) >= 11 is 0. The number of likely N-dealkylation sites (N-methyl/N-ethyl adjacent to an activating group) is 1. The molecule has 1 aliphatic rings. The molecule has 0 amide bonds. The first-order valence-electron chi connectivity index (χ1n) is 7.38. The smallest absolute Gasteiger partial charge is 0.124 e. The van der Waals surface area contributed by atoms with Gasteiger partial charge >= 0.3 is 0 Å². The molecule has 1 aromatic carbocycles. The maximum absolute atomic E-state index is 5.89. The van der Waals surface area contributed by atoms with E-state index < -0.39 is 0 Å².